The van der Waals surface area contributed by atoms with E-state index < -0.39 is 10.0 Å². The molecule has 25 heavy (non-hydrogen) atoms. The van der Waals surface area contributed by atoms with Crippen LogP contribution in [0, 0.1) is 6.92 Å². The van der Waals surface area contributed by atoms with Gasteiger partial charge in [-0.1, -0.05) is 35.6 Å². The zero-order valence-electron chi connectivity index (χ0n) is 13.8. The number of amides is 1. The molecular formula is C15H18N4O4S2. The van der Waals surface area contributed by atoms with Crippen molar-refractivity contribution in [2.45, 2.75) is 24.3 Å². The molecule has 2 heterocycles. The van der Waals surface area contributed by atoms with E-state index in [1.165, 1.54) is 11.2 Å². The summed E-state index contributed by atoms with van der Waals surface area (Å²) in [4.78, 5) is 11.1. The van der Waals surface area contributed by atoms with Crippen molar-refractivity contribution in [1.82, 2.24) is 14.5 Å². The van der Waals surface area contributed by atoms with Crippen molar-refractivity contribution in [3.05, 3.63) is 35.4 Å². The predicted molar refractivity (Wildman–Crippen MR) is 92.8 cm³/mol. The van der Waals surface area contributed by atoms with Gasteiger partial charge >= 0.3 is 0 Å². The molecule has 8 nitrogen and oxygen atoms in total. The molecule has 10 heteroatoms. The molecule has 1 fully saturated rings. The lowest BCUT2D eigenvalue weighted by Gasteiger charge is -2.32. The number of aryl methyl sites for hydroxylation is 1. The second-order valence-electron chi connectivity index (χ2n) is 5.63. The second-order valence-corrected chi connectivity index (χ2v) is 8.72. The highest BCUT2D eigenvalue weighted by molar-refractivity contribution is 7.91. The Morgan fingerprint density at radius 1 is 1.36 bits per heavy atom. The number of hydrogen-bond donors (Lipinski definition) is 1. The summed E-state index contributed by atoms with van der Waals surface area (Å²) in [6.07, 6.45) is -0.326. The van der Waals surface area contributed by atoms with E-state index in [-0.39, 0.29) is 34.6 Å². The fourth-order valence-corrected chi connectivity index (χ4v) is 5.11. The smallest absolute Gasteiger partial charge is 0.272 e. The van der Waals surface area contributed by atoms with E-state index in [1.807, 2.05) is 31.2 Å². The molecule has 0 bridgehead atoms. The maximum absolute atomic E-state index is 12.8. The Labute approximate surface area is 149 Å². The van der Waals surface area contributed by atoms with E-state index in [0.717, 1.165) is 22.5 Å². The number of carbonyl (C=O) groups excluding carboxylic acids is 1. The molecule has 1 saturated heterocycles. The highest BCUT2D eigenvalue weighted by Crippen LogP contribution is 2.30. The normalized spacial score (nSPS) is 18.9. The Morgan fingerprint density at radius 2 is 2.12 bits per heavy atom. The molecular weight excluding hydrogens is 364 g/mol. The Balaban J connectivity index is 1.81. The summed E-state index contributed by atoms with van der Waals surface area (Å²) in [5.74, 6) is -0.328. The average Bonchev–Trinajstić information content (AvgIpc) is 3.04. The summed E-state index contributed by atoms with van der Waals surface area (Å²) in [6.45, 7) is 4.05. The number of rotatable bonds is 4. The third-order valence-electron chi connectivity index (χ3n) is 3.81. The molecule has 0 spiro atoms. The summed E-state index contributed by atoms with van der Waals surface area (Å²) < 4.78 is 32.6. The number of nitrogens with zero attached hydrogens (tertiary/aromatic N) is 3. The number of sulfonamides is 1. The van der Waals surface area contributed by atoms with E-state index in [0.29, 0.717) is 6.61 Å². The number of morpholine rings is 1. The molecule has 1 unspecified atom stereocenters. The minimum atomic E-state index is -3.78. The van der Waals surface area contributed by atoms with Gasteiger partial charge in [-0.2, -0.15) is 4.31 Å². The number of aromatic nitrogens is 2. The average molecular weight is 382 g/mol. The van der Waals surface area contributed by atoms with Crippen LogP contribution in [0.4, 0.5) is 5.13 Å². The summed E-state index contributed by atoms with van der Waals surface area (Å²) in [6, 6.07) is 7.75. The largest absolute Gasteiger partial charge is 0.371 e. The van der Waals surface area contributed by atoms with Crippen LogP contribution in [0.25, 0.3) is 0 Å². The Kier molecular flexibility index (Phi) is 5.13. The highest BCUT2D eigenvalue weighted by Gasteiger charge is 2.34. The van der Waals surface area contributed by atoms with Crippen LogP contribution >= 0.6 is 11.3 Å². The van der Waals surface area contributed by atoms with Gasteiger partial charge in [0.05, 0.1) is 12.7 Å². The van der Waals surface area contributed by atoms with Crippen LogP contribution in [-0.2, 0) is 19.6 Å². The number of ether oxygens (including phenoxy) is 1. The monoisotopic (exact) mass is 382 g/mol. The van der Waals surface area contributed by atoms with Crippen LogP contribution in [0.5, 0.6) is 0 Å². The van der Waals surface area contributed by atoms with Gasteiger partial charge in [0, 0.05) is 20.0 Å². The molecule has 0 radical (unpaired) electrons. The summed E-state index contributed by atoms with van der Waals surface area (Å²) in [5, 5.41) is 10.0. The molecule has 1 aromatic carbocycles. The first kappa shape index (κ1) is 17.9. The third-order valence-corrected chi connectivity index (χ3v) is 6.86. The van der Waals surface area contributed by atoms with Gasteiger partial charge in [0.1, 0.15) is 0 Å². The molecule has 0 aliphatic carbocycles. The van der Waals surface area contributed by atoms with Crippen molar-refractivity contribution in [2.24, 2.45) is 0 Å². The lowest BCUT2D eigenvalue weighted by molar-refractivity contribution is -0.114. The molecule has 1 N–H and O–H groups in total. The highest BCUT2D eigenvalue weighted by atomic mass is 32.2. The van der Waals surface area contributed by atoms with Crippen LogP contribution in [0.15, 0.2) is 28.6 Å². The molecule has 1 atom stereocenters. The zero-order chi connectivity index (χ0) is 18.0. The van der Waals surface area contributed by atoms with Gasteiger partial charge in [-0.15, -0.1) is 10.2 Å². The van der Waals surface area contributed by atoms with Gasteiger partial charge in [-0.3, -0.25) is 4.79 Å². The standard InChI is InChI=1S/C15H18N4O4S2/c1-10-5-3-4-6-12(10)13-9-19(7-8-23-13)25(21,22)15-18-17-14(24-15)16-11(2)20/h3-6,13H,7-9H2,1-2H3,(H,16,17,20). The van der Waals surface area contributed by atoms with Crippen molar-refractivity contribution in [3.63, 3.8) is 0 Å². The first-order valence-electron chi connectivity index (χ1n) is 7.66. The van der Waals surface area contributed by atoms with E-state index >= 15 is 0 Å². The van der Waals surface area contributed by atoms with Gasteiger partial charge in [0.15, 0.2) is 0 Å². The molecule has 134 valence electrons. The van der Waals surface area contributed by atoms with Crippen LogP contribution in [-0.4, -0.2) is 48.5 Å². The van der Waals surface area contributed by atoms with Crippen molar-refractivity contribution in [3.8, 4) is 0 Å². The molecule has 1 aliphatic rings. The first-order valence-corrected chi connectivity index (χ1v) is 9.92. The van der Waals surface area contributed by atoms with Crippen LogP contribution in [0.2, 0.25) is 0 Å². The molecule has 0 saturated carbocycles. The predicted octanol–water partition coefficient (Wildman–Crippen LogP) is 1.57. The van der Waals surface area contributed by atoms with Gasteiger partial charge < -0.3 is 10.1 Å². The minimum absolute atomic E-state index is 0.137. The SMILES string of the molecule is CC(=O)Nc1nnc(S(=O)(=O)N2CCOC(c3ccccc3C)C2)s1. The number of hydrogen-bond acceptors (Lipinski definition) is 7. The quantitative estimate of drug-likeness (QED) is 0.806. The number of carbonyl (C=O) groups is 1. The molecule has 2 aromatic rings. The number of anilines is 1. The van der Waals surface area contributed by atoms with Gasteiger partial charge in [-0.05, 0) is 18.1 Å². The summed E-state index contributed by atoms with van der Waals surface area (Å²) in [5.41, 5.74) is 2.02. The van der Waals surface area contributed by atoms with Crippen molar-refractivity contribution in [2.75, 3.05) is 25.0 Å². The second kappa shape index (κ2) is 7.16. The lowest BCUT2D eigenvalue weighted by atomic mass is 10.0. The zero-order valence-corrected chi connectivity index (χ0v) is 15.4. The molecule has 1 aromatic heterocycles. The van der Waals surface area contributed by atoms with E-state index in [4.69, 9.17) is 4.74 Å². The summed E-state index contributed by atoms with van der Waals surface area (Å²) in [7, 11) is -3.78. The third kappa shape index (κ3) is 3.87. The molecule has 1 aliphatic heterocycles. The topological polar surface area (TPSA) is 101 Å². The Morgan fingerprint density at radius 3 is 2.84 bits per heavy atom. The fourth-order valence-electron chi connectivity index (χ4n) is 2.61. The molecule has 3 rings (SSSR count). The van der Waals surface area contributed by atoms with E-state index in [2.05, 4.69) is 15.5 Å². The maximum atomic E-state index is 12.8. The van der Waals surface area contributed by atoms with E-state index in [1.54, 1.807) is 0 Å². The number of benzene rings is 1. The van der Waals surface area contributed by atoms with Crippen LogP contribution < -0.4 is 5.32 Å². The van der Waals surface area contributed by atoms with Crippen molar-refractivity contribution >= 4 is 32.4 Å². The summed E-state index contributed by atoms with van der Waals surface area (Å²) >= 11 is 0.837. The Bertz CT molecular complexity index is 881. The minimum Gasteiger partial charge on any atom is -0.371 e. The number of nitrogens with one attached hydrogen (secondary N) is 1. The fraction of sp³-hybridized carbons (Fsp3) is 0.400. The van der Waals surface area contributed by atoms with Crippen molar-refractivity contribution < 1.29 is 17.9 Å². The Hall–Kier alpha value is -1.88. The van der Waals surface area contributed by atoms with Crippen LogP contribution in [0.1, 0.15) is 24.2 Å². The maximum Gasteiger partial charge on any atom is 0.272 e. The molecule has 1 amide bonds. The first-order chi connectivity index (χ1) is 11.9. The van der Waals surface area contributed by atoms with Crippen molar-refractivity contribution in [1.29, 1.82) is 0 Å². The van der Waals surface area contributed by atoms with Gasteiger partial charge in [-0.25, -0.2) is 8.42 Å². The van der Waals surface area contributed by atoms with Crippen LogP contribution in [0.3, 0.4) is 0 Å². The van der Waals surface area contributed by atoms with E-state index in [9.17, 15) is 13.2 Å². The van der Waals surface area contributed by atoms with Gasteiger partial charge in [0.2, 0.25) is 15.4 Å². The lowest BCUT2D eigenvalue weighted by Crippen LogP contribution is -2.42. The van der Waals surface area contributed by atoms with Gasteiger partial charge in [0.25, 0.3) is 10.0 Å².